The fourth-order valence-electron chi connectivity index (χ4n) is 6.47. The third-order valence-electron chi connectivity index (χ3n) is 9.39. The third-order valence-corrected chi connectivity index (χ3v) is 9.39. The first-order chi connectivity index (χ1) is 18.7. The van der Waals surface area contributed by atoms with Gasteiger partial charge in [0.1, 0.15) is 0 Å². The van der Waals surface area contributed by atoms with Crippen molar-refractivity contribution in [2.75, 3.05) is 96.4 Å². The molecule has 6 unspecified atom stereocenters. The Kier molecular flexibility index (Phi) is 24.1. The number of nitrogens with one attached hydrogen (secondary N) is 2. The third kappa shape index (κ3) is 17.5. The van der Waals surface area contributed by atoms with Crippen molar-refractivity contribution in [1.29, 1.82) is 0 Å². The average molecular weight is 588 g/mol. The highest BCUT2D eigenvalue weighted by atomic mass is 16.5. The van der Waals surface area contributed by atoms with Crippen molar-refractivity contribution in [3.05, 3.63) is 0 Å². The molecule has 0 aromatic rings. The number of rotatable bonds is 6. The average Bonchev–Trinajstić information content (AvgIpc) is 2.86. The van der Waals surface area contributed by atoms with Gasteiger partial charge in [0.2, 0.25) is 0 Å². The predicted octanol–water partition coefficient (Wildman–Crippen LogP) is 4.08. The summed E-state index contributed by atoms with van der Waals surface area (Å²) in [5.74, 6) is 1.66. The summed E-state index contributed by atoms with van der Waals surface area (Å²) < 4.78 is 5.19. The summed E-state index contributed by atoms with van der Waals surface area (Å²) in [7, 11) is 18.7. The number of methoxy groups -OCH3 is 1. The van der Waals surface area contributed by atoms with Gasteiger partial charge in [-0.05, 0) is 142 Å². The zero-order valence-corrected chi connectivity index (χ0v) is 29.6. The second-order valence-corrected chi connectivity index (χ2v) is 13.6. The highest BCUT2D eigenvalue weighted by molar-refractivity contribution is 4.83. The molecule has 41 heavy (non-hydrogen) atoms. The van der Waals surface area contributed by atoms with Crippen LogP contribution in [0.15, 0.2) is 0 Å². The topological polar surface area (TPSA) is 49.5 Å². The number of likely N-dealkylation sites (tertiary alicyclic amines) is 2. The van der Waals surface area contributed by atoms with Crippen LogP contribution in [0.4, 0.5) is 0 Å². The molecule has 0 amide bonds. The van der Waals surface area contributed by atoms with Crippen LogP contribution in [-0.2, 0) is 4.74 Å². The summed E-state index contributed by atoms with van der Waals surface area (Å²) in [5.41, 5.74) is 0. The molecular weight excluding hydrogens is 510 g/mol. The van der Waals surface area contributed by atoms with Crippen molar-refractivity contribution in [1.82, 2.24) is 35.1 Å². The molecule has 8 heteroatoms. The Morgan fingerprint density at radius 1 is 0.634 bits per heavy atom. The maximum Gasteiger partial charge on any atom is 0.0491 e. The Balaban J connectivity index is 0. The minimum absolute atomic E-state index is 0. The van der Waals surface area contributed by atoms with Gasteiger partial charge in [-0.2, -0.15) is 0 Å². The summed E-state index contributed by atoms with van der Waals surface area (Å²) in [6, 6.07) is 4.38. The SMILES string of the molecule is C.CC1CN(C)CC(C)N1C.CNCC1CC(C)N(C)C(C)C1.CNCN(C)C.COCC1CC(C)N(C)C(C)C1. The molecule has 0 radical (unpaired) electrons. The molecule has 3 saturated heterocycles. The van der Waals surface area contributed by atoms with E-state index in [0.29, 0.717) is 24.2 Å². The summed E-state index contributed by atoms with van der Waals surface area (Å²) in [6.07, 6.45) is 5.27. The molecule has 3 rings (SSSR count). The van der Waals surface area contributed by atoms with E-state index in [1.807, 2.05) is 28.2 Å². The normalized spacial score (nSPS) is 33.4. The molecule has 8 nitrogen and oxygen atoms in total. The first kappa shape index (κ1) is 42.8. The van der Waals surface area contributed by atoms with E-state index in [9.17, 15) is 0 Å². The Bertz CT molecular complexity index is 542. The Labute approximate surface area is 258 Å². The van der Waals surface area contributed by atoms with Crippen LogP contribution >= 0.6 is 0 Å². The van der Waals surface area contributed by atoms with Crippen LogP contribution in [0.5, 0.6) is 0 Å². The van der Waals surface area contributed by atoms with Crippen LogP contribution in [0.3, 0.4) is 0 Å². The van der Waals surface area contributed by atoms with Crippen molar-refractivity contribution in [2.45, 2.75) is 111 Å². The standard InChI is InChI=1S/C10H22N2.C10H21NO.C8H18N2.C4H12N2.CH4/c1-8-5-10(7-11-3)6-9(2)12(8)4;1-8-5-10(7-12-4)6-9(2)11(8)3;1-7-5-9(3)6-8(2)10(7)4;1-5-4-6(2)3;/h8-11H,5-7H2,1-4H3;8-10H,5-7H2,1-4H3;7-8H,5-6H2,1-4H3;5H,4H2,1-3H3;1H4. The quantitative estimate of drug-likeness (QED) is 0.451. The molecule has 2 N–H and O–H groups in total. The molecule has 0 aliphatic carbocycles. The first-order valence-electron chi connectivity index (χ1n) is 15.9. The van der Waals surface area contributed by atoms with E-state index in [2.05, 4.69) is 105 Å². The van der Waals surface area contributed by atoms with Gasteiger partial charge in [-0.15, -0.1) is 0 Å². The van der Waals surface area contributed by atoms with E-state index in [1.165, 1.54) is 45.3 Å². The molecule has 0 aromatic heterocycles. The second-order valence-electron chi connectivity index (χ2n) is 13.6. The smallest absolute Gasteiger partial charge is 0.0491 e. The van der Waals surface area contributed by atoms with Crippen molar-refractivity contribution in [3.63, 3.8) is 0 Å². The molecule has 0 saturated carbocycles. The summed E-state index contributed by atoms with van der Waals surface area (Å²) in [6.45, 7) is 19.3. The number of piperazine rings is 1. The van der Waals surface area contributed by atoms with Gasteiger partial charge in [0.05, 0.1) is 0 Å². The lowest BCUT2D eigenvalue weighted by molar-refractivity contribution is 0.0518. The fourth-order valence-corrected chi connectivity index (χ4v) is 6.47. The van der Waals surface area contributed by atoms with Crippen LogP contribution in [0.2, 0.25) is 0 Å². The van der Waals surface area contributed by atoms with Gasteiger partial charge in [-0.1, -0.05) is 7.43 Å². The van der Waals surface area contributed by atoms with E-state index >= 15 is 0 Å². The lowest BCUT2D eigenvalue weighted by atomic mass is 9.87. The van der Waals surface area contributed by atoms with Crippen molar-refractivity contribution in [2.24, 2.45) is 11.8 Å². The monoisotopic (exact) mass is 588 g/mol. The molecule has 3 aliphatic rings. The summed E-state index contributed by atoms with van der Waals surface area (Å²) in [4.78, 5) is 11.9. The van der Waals surface area contributed by atoms with Crippen molar-refractivity contribution >= 4 is 0 Å². The van der Waals surface area contributed by atoms with E-state index in [0.717, 1.165) is 37.2 Å². The van der Waals surface area contributed by atoms with Gasteiger partial charge in [0.15, 0.2) is 0 Å². The molecule has 0 aromatic carbocycles. The molecule has 3 aliphatic heterocycles. The van der Waals surface area contributed by atoms with Crippen LogP contribution in [0.25, 0.3) is 0 Å². The maximum absolute atomic E-state index is 5.19. The summed E-state index contributed by atoms with van der Waals surface area (Å²) >= 11 is 0. The number of nitrogens with zero attached hydrogens (tertiary/aromatic N) is 5. The van der Waals surface area contributed by atoms with Crippen molar-refractivity contribution in [3.8, 4) is 0 Å². The van der Waals surface area contributed by atoms with Gasteiger partial charge in [0.25, 0.3) is 0 Å². The highest BCUT2D eigenvalue weighted by Gasteiger charge is 2.28. The number of hydrogen-bond acceptors (Lipinski definition) is 8. The van der Waals surface area contributed by atoms with E-state index in [4.69, 9.17) is 4.74 Å². The number of likely N-dealkylation sites (N-methyl/N-ethyl adjacent to an activating group) is 2. The molecule has 0 bridgehead atoms. The zero-order valence-electron chi connectivity index (χ0n) is 29.6. The molecule has 3 heterocycles. The first-order valence-corrected chi connectivity index (χ1v) is 15.9. The zero-order chi connectivity index (χ0) is 31.0. The van der Waals surface area contributed by atoms with Gasteiger partial charge in [-0.25, -0.2) is 0 Å². The van der Waals surface area contributed by atoms with Crippen LogP contribution in [-0.4, -0.2) is 157 Å². The molecule has 3 fully saturated rings. The van der Waals surface area contributed by atoms with Gasteiger partial charge < -0.3 is 30.1 Å². The van der Waals surface area contributed by atoms with Crippen LogP contribution < -0.4 is 10.6 Å². The second kappa shape index (κ2) is 23.1. The minimum atomic E-state index is 0. The number of piperidine rings is 2. The lowest BCUT2D eigenvalue weighted by Gasteiger charge is -2.40. The molecule has 6 atom stereocenters. The van der Waals surface area contributed by atoms with E-state index in [1.54, 1.807) is 7.11 Å². The Morgan fingerprint density at radius 3 is 1.29 bits per heavy atom. The van der Waals surface area contributed by atoms with Gasteiger partial charge in [-0.3, -0.25) is 9.80 Å². The lowest BCUT2D eigenvalue weighted by Crippen LogP contribution is -2.53. The van der Waals surface area contributed by atoms with Crippen LogP contribution in [0.1, 0.15) is 74.7 Å². The molecular formula is C33H77N7O. The van der Waals surface area contributed by atoms with Gasteiger partial charge in [0, 0.05) is 69.7 Å². The number of ether oxygens (including phenoxy) is 1. The Hall–Kier alpha value is -0.320. The predicted molar refractivity (Wildman–Crippen MR) is 183 cm³/mol. The fraction of sp³-hybridized carbons (Fsp3) is 1.00. The number of hydrogen-bond donors (Lipinski definition) is 2. The summed E-state index contributed by atoms with van der Waals surface area (Å²) in [5, 5.41) is 6.27. The van der Waals surface area contributed by atoms with E-state index in [-0.39, 0.29) is 7.43 Å². The Morgan fingerprint density at radius 2 is 1.00 bits per heavy atom. The molecule has 0 spiro atoms. The largest absolute Gasteiger partial charge is 0.384 e. The highest BCUT2D eigenvalue weighted by Crippen LogP contribution is 2.26. The van der Waals surface area contributed by atoms with Gasteiger partial charge >= 0.3 is 0 Å². The molecule has 250 valence electrons. The van der Waals surface area contributed by atoms with E-state index < -0.39 is 0 Å². The van der Waals surface area contributed by atoms with Crippen LogP contribution in [0, 0.1) is 11.8 Å². The maximum atomic E-state index is 5.19. The minimum Gasteiger partial charge on any atom is -0.384 e. The van der Waals surface area contributed by atoms with Crippen molar-refractivity contribution < 1.29 is 4.74 Å².